The van der Waals surface area contributed by atoms with Crippen molar-refractivity contribution >= 4 is 5.91 Å². The van der Waals surface area contributed by atoms with E-state index in [0.717, 1.165) is 69.8 Å². The summed E-state index contributed by atoms with van der Waals surface area (Å²) in [6.07, 6.45) is 6.03. The van der Waals surface area contributed by atoms with E-state index in [9.17, 15) is 9.59 Å². The molecule has 6 nitrogen and oxygen atoms in total. The van der Waals surface area contributed by atoms with Crippen molar-refractivity contribution in [3.05, 3.63) is 63.8 Å². The molecule has 2 aromatic heterocycles. The molecule has 148 valence electrons. The van der Waals surface area contributed by atoms with Gasteiger partial charge < -0.3 is 9.88 Å². The van der Waals surface area contributed by atoms with Gasteiger partial charge in [0.05, 0.1) is 5.69 Å². The molecule has 2 saturated heterocycles. The largest absolute Gasteiger partial charge is 0.338 e. The zero-order chi connectivity index (χ0) is 19.6. The summed E-state index contributed by atoms with van der Waals surface area (Å²) in [6, 6.07) is 9.29. The van der Waals surface area contributed by atoms with Crippen LogP contribution in [0.4, 0.5) is 0 Å². The van der Waals surface area contributed by atoms with Crippen LogP contribution in [0.5, 0.6) is 0 Å². The third-order valence-corrected chi connectivity index (χ3v) is 6.04. The molecule has 6 heteroatoms. The average Bonchev–Trinajstić information content (AvgIpc) is 2.67. The molecular weight excluding hydrogens is 352 g/mol. The molecule has 1 unspecified atom stereocenters. The number of hydrogen-bond acceptors (Lipinski definition) is 4. The van der Waals surface area contributed by atoms with Crippen LogP contribution < -0.4 is 5.56 Å². The van der Waals surface area contributed by atoms with Crippen LogP contribution >= 0.6 is 0 Å². The van der Waals surface area contributed by atoms with Gasteiger partial charge in [0.1, 0.15) is 0 Å². The molecular formula is C22H28N4O2. The number of aromatic amines is 1. The first-order valence-corrected chi connectivity index (χ1v) is 10.2. The number of rotatable bonds is 3. The summed E-state index contributed by atoms with van der Waals surface area (Å²) in [6.45, 7) is 6.52. The fourth-order valence-electron chi connectivity index (χ4n) is 4.84. The molecule has 2 fully saturated rings. The molecule has 0 radical (unpaired) electrons. The van der Waals surface area contributed by atoms with Gasteiger partial charge in [0.2, 0.25) is 5.56 Å². The zero-order valence-electron chi connectivity index (χ0n) is 16.5. The first-order chi connectivity index (χ1) is 13.5. The Morgan fingerprint density at radius 2 is 2.00 bits per heavy atom. The third-order valence-electron chi connectivity index (χ3n) is 6.04. The second-order valence-corrected chi connectivity index (χ2v) is 8.36. The Kier molecular flexibility index (Phi) is 5.31. The van der Waals surface area contributed by atoms with Gasteiger partial charge in [-0.25, -0.2) is 0 Å². The zero-order valence-corrected chi connectivity index (χ0v) is 16.5. The average molecular weight is 380 g/mol. The number of aryl methyl sites for hydroxylation is 1. The summed E-state index contributed by atoms with van der Waals surface area (Å²) < 4.78 is 0. The Morgan fingerprint density at radius 3 is 2.79 bits per heavy atom. The van der Waals surface area contributed by atoms with Crippen molar-refractivity contribution in [3.63, 3.8) is 0 Å². The quantitative estimate of drug-likeness (QED) is 0.889. The van der Waals surface area contributed by atoms with Gasteiger partial charge in [-0.3, -0.25) is 19.5 Å². The Hall–Kier alpha value is -2.47. The van der Waals surface area contributed by atoms with Gasteiger partial charge in [-0.1, -0.05) is 6.07 Å². The van der Waals surface area contributed by atoms with Crippen LogP contribution in [-0.2, 0) is 6.54 Å². The molecule has 1 amide bonds. The SMILES string of the molecule is Cc1cccc(CN2CCCC3(CCCN(C(=O)c4cc[nH]c(=O)c4)C3)C2)n1. The summed E-state index contributed by atoms with van der Waals surface area (Å²) in [5, 5.41) is 0. The molecule has 2 aromatic rings. The van der Waals surface area contributed by atoms with E-state index in [1.54, 1.807) is 12.3 Å². The highest BCUT2D eigenvalue weighted by Gasteiger charge is 2.40. The van der Waals surface area contributed by atoms with Gasteiger partial charge in [-0.15, -0.1) is 0 Å². The minimum atomic E-state index is -0.230. The van der Waals surface area contributed by atoms with Crippen LogP contribution in [0, 0.1) is 12.3 Å². The summed E-state index contributed by atoms with van der Waals surface area (Å²) in [5.41, 5.74) is 2.57. The molecule has 28 heavy (non-hydrogen) atoms. The lowest BCUT2D eigenvalue weighted by Gasteiger charge is -2.48. The fraction of sp³-hybridized carbons (Fsp3) is 0.500. The minimum Gasteiger partial charge on any atom is -0.338 e. The van der Waals surface area contributed by atoms with E-state index < -0.39 is 0 Å². The summed E-state index contributed by atoms with van der Waals surface area (Å²) in [4.78, 5) is 36.2. The smallest absolute Gasteiger partial charge is 0.254 e. The van der Waals surface area contributed by atoms with Gasteiger partial charge >= 0.3 is 0 Å². The molecule has 0 bridgehead atoms. The van der Waals surface area contributed by atoms with Crippen LogP contribution in [0.1, 0.15) is 47.4 Å². The van der Waals surface area contributed by atoms with E-state index in [2.05, 4.69) is 27.0 Å². The number of aromatic nitrogens is 2. The molecule has 4 rings (SSSR count). The van der Waals surface area contributed by atoms with Gasteiger partial charge in [-0.2, -0.15) is 0 Å². The van der Waals surface area contributed by atoms with Crippen molar-refractivity contribution in [1.82, 2.24) is 19.8 Å². The Balaban J connectivity index is 1.46. The Labute approximate surface area is 165 Å². The molecule has 4 heterocycles. The monoisotopic (exact) mass is 380 g/mol. The molecule has 1 spiro atoms. The van der Waals surface area contributed by atoms with Gasteiger partial charge in [0.15, 0.2) is 0 Å². The Bertz CT molecular complexity index is 905. The number of H-pyrrole nitrogens is 1. The maximum atomic E-state index is 12.9. The maximum absolute atomic E-state index is 12.9. The van der Waals surface area contributed by atoms with Gasteiger partial charge in [0, 0.05) is 55.1 Å². The number of pyridine rings is 2. The molecule has 0 saturated carbocycles. The highest BCUT2D eigenvalue weighted by Crippen LogP contribution is 2.39. The highest BCUT2D eigenvalue weighted by molar-refractivity contribution is 5.94. The van der Waals surface area contributed by atoms with Gasteiger partial charge in [0.25, 0.3) is 5.91 Å². The summed E-state index contributed by atoms with van der Waals surface area (Å²) in [7, 11) is 0. The highest BCUT2D eigenvalue weighted by atomic mass is 16.2. The second-order valence-electron chi connectivity index (χ2n) is 8.36. The van der Waals surface area contributed by atoms with Crippen molar-refractivity contribution < 1.29 is 4.79 Å². The predicted octanol–water partition coefficient (Wildman–Crippen LogP) is 2.60. The van der Waals surface area contributed by atoms with Crippen LogP contribution in [0.25, 0.3) is 0 Å². The molecule has 0 aliphatic carbocycles. The number of amides is 1. The predicted molar refractivity (Wildman–Crippen MR) is 108 cm³/mol. The lowest BCUT2D eigenvalue weighted by atomic mass is 9.73. The Morgan fingerprint density at radius 1 is 1.18 bits per heavy atom. The van der Waals surface area contributed by atoms with Crippen LogP contribution in [-0.4, -0.2) is 51.9 Å². The number of hydrogen-bond donors (Lipinski definition) is 1. The third kappa shape index (κ3) is 4.17. The number of likely N-dealkylation sites (tertiary alicyclic amines) is 2. The molecule has 0 aromatic carbocycles. The number of nitrogens with zero attached hydrogens (tertiary/aromatic N) is 3. The summed E-state index contributed by atoms with van der Waals surface area (Å²) in [5.74, 6) is -0.0253. The van der Waals surface area contributed by atoms with E-state index in [1.165, 1.54) is 6.07 Å². The number of carbonyl (C=O) groups excluding carboxylic acids is 1. The van der Waals surface area contributed by atoms with Crippen LogP contribution in [0.3, 0.4) is 0 Å². The number of carbonyl (C=O) groups is 1. The lowest BCUT2D eigenvalue weighted by Crippen LogP contribution is -2.53. The van der Waals surface area contributed by atoms with Crippen molar-refractivity contribution in [3.8, 4) is 0 Å². The standard InChI is InChI=1S/C22H28N4O2/c1-17-5-2-6-19(24-17)14-25-11-3-8-22(15-25)9-4-12-26(16-22)21(28)18-7-10-23-20(27)13-18/h2,5-7,10,13H,3-4,8-9,11-12,14-16H2,1H3,(H,23,27). The van der Waals surface area contributed by atoms with E-state index >= 15 is 0 Å². The van der Waals surface area contributed by atoms with Crippen molar-refractivity contribution in [2.75, 3.05) is 26.2 Å². The number of nitrogens with one attached hydrogen (secondary N) is 1. The lowest BCUT2D eigenvalue weighted by molar-refractivity contribution is 0.0110. The first-order valence-electron chi connectivity index (χ1n) is 10.2. The maximum Gasteiger partial charge on any atom is 0.254 e. The van der Waals surface area contributed by atoms with Crippen molar-refractivity contribution in [2.24, 2.45) is 5.41 Å². The van der Waals surface area contributed by atoms with Crippen LogP contribution in [0.15, 0.2) is 41.3 Å². The van der Waals surface area contributed by atoms with Crippen LogP contribution in [0.2, 0.25) is 0 Å². The molecule has 1 atom stereocenters. The molecule has 2 aliphatic rings. The van der Waals surface area contributed by atoms with E-state index in [1.807, 2.05) is 17.9 Å². The summed E-state index contributed by atoms with van der Waals surface area (Å²) >= 11 is 0. The first kappa shape index (κ1) is 18.9. The molecule has 1 N–H and O–H groups in total. The van der Waals surface area contributed by atoms with Crippen molar-refractivity contribution in [1.29, 1.82) is 0 Å². The van der Waals surface area contributed by atoms with Gasteiger partial charge in [-0.05, 0) is 57.4 Å². The topological polar surface area (TPSA) is 69.3 Å². The molecule has 2 aliphatic heterocycles. The van der Waals surface area contributed by atoms with Crippen molar-refractivity contribution in [2.45, 2.75) is 39.2 Å². The van der Waals surface area contributed by atoms with E-state index in [4.69, 9.17) is 0 Å². The minimum absolute atomic E-state index is 0.0253. The fourth-order valence-corrected chi connectivity index (χ4v) is 4.84. The second kappa shape index (κ2) is 7.87. The number of piperidine rings is 2. The normalized spacial score (nSPS) is 23.1. The van der Waals surface area contributed by atoms with E-state index in [0.29, 0.717) is 5.56 Å². The van der Waals surface area contributed by atoms with E-state index in [-0.39, 0.29) is 16.9 Å².